The summed E-state index contributed by atoms with van der Waals surface area (Å²) >= 11 is 0. The number of hydrogen-bond donors (Lipinski definition) is 1. The summed E-state index contributed by atoms with van der Waals surface area (Å²) in [6.07, 6.45) is -5.19. The lowest BCUT2D eigenvalue weighted by Gasteiger charge is -2.58. The molecule has 1 saturated heterocycles. The molecular formula is C27H23F3N4O4. The zero-order valence-corrected chi connectivity index (χ0v) is 20.3. The van der Waals surface area contributed by atoms with E-state index < -0.39 is 17.7 Å². The second-order valence-corrected chi connectivity index (χ2v) is 8.73. The summed E-state index contributed by atoms with van der Waals surface area (Å²) in [6.45, 7) is 3.90. The Labute approximate surface area is 216 Å². The number of halogens is 3. The van der Waals surface area contributed by atoms with Crippen LogP contribution >= 0.6 is 0 Å². The van der Waals surface area contributed by atoms with Crippen LogP contribution in [-0.2, 0) is 9.59 Å². The highest BCUT2D eigenvalue weighted by atomic mass is 19.4. The quantitative estimate of drug-likeness (QED) is 0.393. The van der Waals surface area contributed by atoms with Crippen molar-refractivity contribution < 1.29 is 32.7 Å². The molecule has 0 radical (unpaired) electrons. The standard InChI is InChI=1S/C25H22N4O2.C2HF3O2/c1-17(2)25(27-23(30)19-13-15-20(28-26)16-14-19)22(18-9-5-3-6-10-18)29(24(25)31)21-11-7-4-8-12-21;3-2(4,5)1(6)7/h3-17,22H,1-2H3;(H,6,7)/t22-,25-;/m1./s1. The van der Waals surface area contributed by atoms with E-state index in [2.05, 4.69) is 10.3 Å². The molecule has 0 saturated carbocycles. The summed E-state index contributed by atoms with van der Waals surface area (Å²) in [4.78, 5) is 40.4. The van der Waals surface area contributed by atoms with E-state index in [9.17, 15) is 22.8 Å². The zero-order chi connectivity index (χ0) is 28.1. The summed E-state index contributed by atoms with van der Waals surface area (Å²) in [5.74, 6) is -3.65. The lowest BCUT2D eigenvalue weighted by atomic mass is 9.67. The molecule has 1 heterocycles. The number of nitrogens with one attached hydrogen (secondary N) is 1. The van der Waals surface area contributed by atoms with Gasteiger partial charge in [-0.1, -0.05) is 62.4 Å². The molecule has 11 heteroatoms. The minimum atomic E-state index is -5.19. The summed E-state index contributed by atoms with van der Waals surface area (Å²) in [5.41, 5.74) is 1.40. The largest absolute Gasteiger partial charge is 0.542 e. The zero-order valence-electron chi connectivity index (χ0n) is 20.3. The van der Waals surface area contributed by atoms with Gasteiger partial charge in [-0.2, -0.15) is 13.2 Å². The van der Waals surface area contributed by atoms with Crippen molar-refractivity contribution in [3.05, 3.63) is 101 Å². The Hall–Kier alpha value is -4.72. The van der Waals surface area contributed by atoms with Gasteiger partial charge in [-0.15, -0.1) is 0 Å². The van der Waals surface area contributed by atoms with E-state index in [1.807, 2.05) is 74.5 Å². The van der Waals surface area contributed by atoms with Crippen LogP contribution in [0.25, 0.3) is 4.98 Å². The fourth-order valence-electron chi connectivity index (χ4n) is 4.24. The third-order valence-corrected chi connectivity index (χ3v) is 6.12. The number of hydrogen-bond acceptors (Lipinski definition) is 5. The Kier molecular flexibility index (Phi) is 8.16. The van der Waals surface area contributed by atoms with Gasteiger partial charge in [-0.3, -0.25) is 14.5 Å². The Bertz CT molecular complexity index is 1340. The molecule has 4 rings (SSSR count). The Morgan fingerprint density at radius 3 is 1.92 bits per heavy atom. The number of anilines is 1. The van der Waals surface area contributed by atoms with Crippen LogP contribution in [0.1, 0.15) is 35.8 Å². The van der Waals surface area contributed by atoms with Crippen LogP contribution in [0.2, 0.25) is 0 Å². The monoisotopic (exact) mass is 524 g/mol. The molecule has 1 N–H and O–H groups in total. The predicted molar refractivity (Wildman–Crippen MR) is 130 cm³/mol. The summed E-state index contributed by atoms with van der Waals surface area (Å²) in [7, 11) is 0. The smallest absolute Gasteiger partial charge is 0.430 e. The van der Waals surface area contributed by atoms with E-state index in [0.717, 1.165) is 11.3 Å². The topological polar surface area (TPSA) is 118 Å². The van der Waals surface area contributed by atoms with Gasteiger partial charge in [0.05, 0.1) is 6.04 Å². The molecule has 8 nitrogen and oxygen atoms in total. The summed E-state index contributed by atoms with van der Waals surface area (Å²) in [5, 5.41) is 20.7. The maximum Gasteiger partial charge on any atom is 0.430 e. The highest BCUT2D eigenvalue weighted by molar-refractivity contribution is 6.12. The molecule has 1 fully saturated rings. The number of carbonyl (C=O) groups excluding carboxylic acids is 3. The van der Waals surface area contributed by atoms with Crippen molar-refractivity contribution in [1.29, 1.82) is 5.39 Å². The second-order valence-electron chi connectivity index (χ2n) is 8.73. The van der Waals surface area contributed by atoms with Crippen molar-refractivity contribution in [2.75, 3.05) is 4.90 Å². The third kappa shape index (κ3) is 5.49. The van der Waals surface area contributed by atoms with E-state index in [4.69, 9.17) is 15.3 Å². The molecule has 0 aromatic heterocycles. The molecule has 2 atom stereocenters. The summed E-state index contributed by atoms with van der Waals surface area (Å²) < 4.78 is 31.5. The molecule has 3 aromatic rings. The number of carboxylic acid groups (broad SMARTS) is 1. The van der Waals surface area contributed by atoms with E-state index in [1.165, 1.54) is 0 Å². The number of aliphatic carboxylic acids is 1. The molecule has 38 heavy (non-hydrogen) atoms. The highest BCUT2D eigenvalue weighted by Gasteiger charge is 2.64. The first kappa shape index (κ1) is 27.9. The molecule has 2 amide bonds. The van der Waals surface area contributed by atoms with E-state index in [1.54, 1.807) is 29.2 Å². The van der Waals surface area contributed by atoms with Crippen LogP contribution in [0.3, 0.4) is 0 Å². The van der Waals surface area contributed by atoms with Crippen LogP contribution in [0.4, 0.5) is 24.5 Å². The fourth-order valence-corrected chi connectivity index (χ4v) is 4.24. The first-order valence-electron chi connectivity index (χ1n) is 11.4. The van der Waals surface area contributed by atoms with Gasteiger partial charge in [-0.05, 0) is 35.7 Å². The van der Waals surface area contributed by atoms with Crippen molar-refractivity contribution in [2.45, 2.75) is 31.6 Å². The molecular weight excluding hydrogens is 501 g/mol. The lowest BCUT2D eigenvalue weighted by Crippen LogP contribution is -2.78. The lowest BCUT2D eigenvalue weighted by molar-refractivity contribution is -0.344. The average molecular weight is 524 g/mol. The maximum absolute atomic E-state index is 13.6. The molecule has 1 aliphatic rings. The third-order valence-electron chi connectivity index (χ3n) is 6.12. The number of carboxylic acids is 1. The number of alkyl halides is 3. The molecule has 0 spiro atoms. The Morgan fingerprint density at radius 2 is 1.47 bits per heavy atom. The SMILES string of the molecule is CC(C)[C@]1(NC(=O)c2ccc([N+]#N)cc2)C(=O)N(c2ccccc2)[C@@H]1c1ccccc1.O=C([O-])C(F)(F)F. The minimum Gasteiger partial charge on any atom is -0.542 e. The number of amides is 2. The van der Waals surface area contributed by atoms with Crippen molar-refractivity contribution >= 4 is 29.2 Å². The Balaban J connectivity index is 0.000000505. The molecule has 196 valence electrons. The second kappa shape index (κ2) is 11.1. The van der Waals surface area contributed by atoms with Gasteiger partial charge < -0.3 is 15.2 Å². The number of carbonyl (C=O) groups is 3. The van der Waals surface area contributed by atoms with Crippen molar-refractivity contribution in [3.63, 3.8) is 0 Å². The average Bonchev–Trinajstić information content (AvgIpc) is 2.90. The van der Waals surface area contributed by atoms with Crippen molar-refractivity contribution in [3.8, 4) is 0 Å². The van der Waals surface area contributed by atoms with Crippen LogP contribution in [0.15, 0.2) is 84.9 Å². The number of benzene rings is 3. The first-order valence-corrected chi connectivity index (χ1v) is 11.4. The van der Waals surface area contributed by atoms with Gasteiger partial charge in [0.1, 0.15) is 11.5 Å². The normalized spacial score (nSPS) is 18.5. The highest BCUT2D eigenvalue weighted by Crippen LogP contribution is 2.50. The van der Waals surface area contributed by atoms with Gasteiger partial charge in [0.2, 0.25) is 5.39 Å². The number of β-lactam (4-membered cyclic amide) rings is 1. The fraction of sp³-hybridized carbons (Fsp3) is 0.222. The molecule has 0 aliphatic carbocycles. The number of rotatable bonds is 5. The van der Waals surface area contributed by atoms with Gasteiger partial charge in [0, 0.05) is 23.4 Å². The van der Waals surface area contributed by atoms with Crippen LogP contribution in [0, 0.1) is 11.3 Å². The van der Waals surface area contributed by atoms with Crippen LogP contribution in [0.5, 0.6) is 0 Å². The predicted octanol–water partition coefficient (Wildman–Crippen LogP) is 4.38. The molecule has 0 unspecified atom stereocenters. The van der Waals surface area contributed by atoms with E-state index >= 15 is 0 Å². The van der Waals surface area contributed by atoms with Crippen LogP contribution < -0.4 is 15.3 Å². The first-order chi connectivity index (χ1) is 17.9. The maximum atomic E-state index is 13.6. The molecule has 1 aliphatic heterocycles. The number of nitrogens with zero attached hydrogens (tertiary/aromatic N) is 3. The van der Waals surface area contributed by atoms with Gasteiger partial charge in [0.15, 0.2) is 4.98 Å². The van der Waals surface area contributed by atoms with Crippen molar-refractivity contribution in [2.24, 2.45) is 5.92 Å². The Morgan fingerprint density at radius 1 is 0.974 bits per heavy atom. The minimum absolute atomic E-state index is 0.141. The van der Waals surface area contributed by atoms with E-state index in [-0.39, 0.29) is 23.8 Å². The van der Waals surface area contributed by atoms with Crippen LogP contribution in [-0.4, -0.2) is 29.5 Å². The van der Waals surface area contributed by atoms with Gasteiger partial charge in [0.25, 0.3) is 11.8 Å². The summed E-state index contributed by atoms with van der Waals surface area (Å²) in [6, 6.07) is 25.2. The molecule has 0 bridgehead atoms. The van der Waals surface area contributed by atoms with Gasteiger partial charge in [-0.25, -0.2) is 0 Å². The number of diazo groups is 1. The number of para-hydroxylation sites is 1. The van der Waals surface area contributed by atoms with E-state index in [0.29, 0.717) is 11.3 Å². The van der Waals surface area contributed by atoms with Gasteiger partial charge >= 0.3 is 11.9 Å². The molecule has 3 aromatic carbocycles. The van der Waals surface area contributed by atoms with Crippen molar-refractivity contribution in [1.82, 2.24) is 5.32 Å².